The average molecular weight is 492 g/mol. The van der Waals surface area contributed by atoms with Gasteiger partial charge in [-0.05, 0) is 32.0 Å². The van der Waals surface area contributed by atoms with Gasteiger partial charge in [0.2, 0.25) is 0 Å². The summed E-state index contributed by atoms with van der Waals surface area (Å²) >= 11 is 1.87. The third-order valence-electron chi connectivity index (χ3n) is 3.98. The number of rotatable bonds is 9. The fourth-order valence-electron chi connectivity index (χ4n) is 2.66. The van der Waals surface area contributed by atoms with Gasteiger partial charge < -0.3 is 15.4 Å². The number of aliphatic imine (C=N–C) groups is 1. The van der Waals surface area contributed by atoms with E-state index in [-0.39, 0.29) is 24.0 Å². The molecule has 2 N–H and O–H groups in total. The number of guanidine groups is 1. The van der Waals surface area contributed by atoms with E-state index in [4.69, 9.17) is 9.73 Å². The molecule has 1 heterocycles. The van der Waals surface area contributed by atoms with E-state index in [2.05, 4.69) is 59.7 Å². The smallest absolute Gasteiger partial charge is 0.191 e. The molecule has 1 saturated heterocycles. The molecule has 1 aromatic rings. The van der Waals surface area contributed by atoms with Crippen LogP contribution in [0.25, 0.3) is 0 Å². The van der Waals surface area contributed by atoms with Crippen LogP contribution in [-0.2, 0) is 4.74 Å². The predicted molar refractivity (Wildman–Crippen MR) is 123 cm³/mol. The molecule has 148 valence electrons. The largest absolute Gasteiger partial charge is 0.379 e. The number of nitrogens with zero attached hydrogens (tertiary/aromatic N) is 2. The summed E-state index contributed by atoms with van der Waals surface area (Å²) in [6, 6.07) is 10.5. The van der Waals surface area contributed by atoms with Crippen LogP contribution in [0, 0.1) is 0 Å². The molecule has 1 fully saturated rings. The van der Waals surface area contributed by atoms with E-state index in [0.29, 0.717) is 5.25 Å². The van der Waals surface area contributed by atoms with Crippen LogP contribution in [0.1, 0.15) is 20.3 Å². The third kappa shape index (κ3) is 9.99. The van der Waals surface area contributed by atoms with Crippen molar-refractivity contribution in [3.63, 3.8) is 0 Å². The SMILES string of the molecule is CCNC(=NCC(C)Sc1ccccc1)NCCCN1CCOCC1.I. The maximum Gasteiger partial charge on any atom is 0.191 e. The van der Waals surface area contributed by atoms with Crippen molar-refractivity contribution in [1.29, 1.82) is 0 Å². The van der Waals surface area contributed by atoms with E-state index < -0.39 is 0 Å². The first kappa shape index (κ1) is 23.5. The zero-order valence-electron chi connectivity index (χ0n) is 15.9. The van der Waals surface area contributed by atoms with E-state index in [1.807, 2.05) is 11.8 Å². The fourth-order valence-corrected chi connectivity index (χ4v) is 3.59. The van der Waals surface area contributed by atoms with Gasteiger partial charge in [-0.1, -0.05) is 25.1 Å². The summed E-state index contributed by atoms with van der Waals surface area (Å²) in [6.07, 6.45) is 1.12. The highest BCUT2D eigenvalue weighted by atomic mass is 127. The van der Waals surface area contributed by atoms with Gasteiger partial charge in [-0.15, -0.1) is 35.7 Å². The molecule has 1 aliphatic rings. The first-order valence-corrected chi connectivity index (χ1v) is 10.2. The number of nitrogens with one attached hydrogen (secondary N) is 2. The minimum Gasteiger partial charge on any atom is -0.379 e. The van der Waals surface area contributed by atoms with Gasteiger partial charge in [-0.2, -0.15) is 0 Å². The predicted octanol–water partition coefficient (Wildman–Crippen LogP) is 3.06. The van der Waals surface area contributed by atoms with Crippen LogP contribution < -0.4 is 10.6 Å². The van der Waals surface area contributed by atoms with Crippen molar-refractivity contribution in [1.82, 2.24) is 15.5 Å². The number of hydrogen-bond donors (Lipinski definition) is 2. The average Bonchev–Trinajstić information content (AvgIpc) is 2.65. The summed E-state index contributed by atoms with van der Waals surface area (Å²) < 4.78 is 5.38. The molecule has 1 atom stereocenters. The van der Waals surface area contributed by atoms with Crippen molar-refractivity contribution in [3.05, 3.63) is 30.3 Å². The van der Waals surface area contributed by atoms with Gasteiger partial charge in [-0.25, -0.2) is 0 Å². The Kier molecular flexibility index (Phi) is 13.2. The zero-order chi connectivity index (χ0) is 17.7. The summed E-state index contributed by atoms with van der Waals surface area (Å²) in [5.74, 6) is 0.921. The molecule has 0 aliphatic carbocycles. The Balaban J connectivity index is 0.00000338. The van der Waals surface area contributed by atoms with Crippen molar-refractivity contribution < 1.29 is 4.74 Å². The molecule has 1 unspecified atom stereocenters. The number of thioether (sulfide) groups is 1. The highest BCUT2D eigenvalue weighted by Crippen LogP contribution is 2.22. The van der Waals surface area contributed by atoms with Gasteiger partial charge in [0.05, 0.1) is 19.8 Å². The molecule has 0 aromatic heterocycles. The molecule has 7 heteroatoms. The second-order valence-electron chi connectivity index (χ2n) is 6.20. The third-order valence-corrected chi connectivity index (χ3v) is 5.07. The maximum absolute atomic E-state index is 5.38. The number of hydrogen-bond acceptors (Lipinski definition) is 4. The van der Waals surface area contributed by atoms with Crippen molar-refractivity contribution >= 4 is 41.7 Å². The molecule has 5 nitrogen and oxygen atoms in total. The molecule has 0 spiro atoms. The molecule has 26 heavy (non-hydrogen) atoms. The topological polar surface area (TPSA) is 48.9 Å². The molecule has 2 rings (SSSR count). The quantitative estimate of drug-likeness (QED) is 0.183. The van der Waals surface area contributed by atoms with E-state index >= 15 is 0 Å². The van der Waals surface area contributed by atoms with Crippen LogP contribution in [0.15, 0.2) is 40.2 Å². The van der Waals surface area contributed by atoms with Gasteiger partial charge >= 0.3 is 0 Å². The standard InChI is InChI=1S/C19H32N4OS.HI/c1-3-20-19(21-10-7-11-23-12-14-24-15-13-23)22-16-17(2)25-18-8-5-4-6-9-18;/h4-6,8-9,17H,3,7,10-16H2,1-2H3,(H2,20,21,22);1H. The van der Waals surface area contributed by atoms with E-state index in [0.717, 1.165) is 64.9 Å². The summed E-state index contributed by atoms with van der Waals surface area (Å²) in [4.78, 5) is 8.50. The van der Waals surface area contributed by atoms with Crippen LogP contribution in [0.2, 0.25) is 0 Å². The molecular weight excluding hydrogens is 459 g/mol. The lowest BCUT2D eigenvalue weighted by atomic mass is 10.3. The highest BCUT2D eigenvalue weighted by molar-refractivity contribution is 14.0. The molecular formula is C19H33IN4OS. The number of ether oxygens (including phenoxy) is 1. The normalized spacial score (nSPS) is 16.6. The Bertz CT molecular complexity index is 498. The highest BCUT2D eigenvalue weighted by Gasteiger charge is 2.09. The van der Waals surface area contributed by atoms with E-state index in [1.54, 1.807) is 0 Å². The van der Waals surface area contributed by atoms with Crippen molar-refractivity contribution in [2.24, 2.45) is 4.99 Å². The Hall–Kier alpha value is -0.510. The Morgan fingerprint density at radius 2 is 1.96 bits per heavy atom. The van der Waals surface area contributed by atoms with Crippen LogP contribution in [0.5, 0.6) is 0 Å². The van der Waals surface area contributed by atoms with E-state index in [1.165, 1.54) is 4.90 Å². The van der Waals surface area contributed by atoms with Crippen LogP contribution in [-0.4, -0.2) is 68.6 Å². The summed E-state index contributed by atoms with van der Waals surface area (Å²) in [7, 11) is 0. The number of halogens is 1. The Morgan fingerprint density at radius 1 is 1.23 bits per heavy atom. The van der Waals surface area contributed by atoms with Crippen molar-refractivity contribution in [2.45, 2.75) is 30.4 Å². The number of benzene rings is 1. The second kappa shape index (κ2) is 14.5. The van der Waals surface area contributed by atoms with Crippen LogP contribution in [0.4, 0.5) is 0 Å². The lowest BCUT2D eigenvalue weighted by molar-refractivity contribution is 0.0376. The maximum atomic E-state index is 5.38. The van der Waals surface area contributed by atoms with Crippen molar-refractivity contribution in [2.75, 3.05) is 52.5 Å². The lowest BCUT2D eigenvalue weighted by Gasteiger charge is -2.26. The van der Waals surface area contributed by atoms with Gasteiger partial charge in [0, 0.05) is 36.3 Å². The Morgan fingerprint density at radius 3 is 2.65 bits per heavy atom. The molecule has 0 bridgehead atoms. The van der Waals surface area contributed by atoms with Gasteiger partial charge in [0.1, 0.15) is 0 Å². The monoisotopic (exact) mass is 492 g/mol. The molecule has 1 aliphatic heterocycles. The van der Waals surface area contributed by atoms with Gasteiger partial charge in [0.15, 0.2) is 5.96 Å². The lowest BCUT2D eigenvalue weighted by Crippen LogP contribution is -2.41. The molecule has 0 saturated carbocycles. The minimum atomic E-state index is 0. The molecule has 0 amide bonds. The van der Waals surface area contributed by atoms with Gasteiger partial charge in [-0.3, -0.25) is 9.89 Å². The summed E-state index contributed by atoms with van der Waals surface area (Å²) in [5, 5.41) is 7.24. The fraction of sp³-hybridized carbons (Fsp3) is 0.632. The molecule has 0 radical (unpaired) electrons. The first-order chi connectivity index (χ1) is 12.3. The summed E-state index contributed by atoms with van der Waals surface area (Å²) in [6.45, 7) is 11.9. The van der Waals surface area contributed by atoms with Crippen molar-refractivity contribution in [3.8, 4) is 0 Å². The second-order valence-corrected chi connectivity index (χ2v) is 7.71. The summed E-state index contributed by atoms with van der Waals surface area (Å²) in [5.41, 5.74) is 0. The minimum absolute atomic E-state index is 0. The Labute approximate surface area is 179 Å². The first-order valence-electron chi connectivity index (χ1n) is 9.32. The van der Waals surface area contributed by atoms with Gasteiger partial charge in [0.25, 0.3) is 0 Å². The zero-order valence-corrected chi connectivity index (χ0v) is 19.1. The van der Waals surface area contributed by atoms with E-state index in [9.17, 15) is 0 Å². The number of morpholine rings is 1. The van der Waals surface area contributed by atoms with Crippen LogP contribution in [0.3, 0.4) is 0 Å². The van der Waals surface area contributed by atoms with Crippen LogP contribution >= 0.6 is 35.7 Å². The molecule has 1 aromatic carbocycles.